The molecule has 0 spiro atoms. The van der Waals surface area contributed by atoms with Crippen LogP contribution in [-0.2, 0) is 11.2 Å². The second-order valence-electron chi connectivity index (χ2n) is 8.37. The van der Waals surface area contributed by atoms with Crippen LogP contribution in [0.1, 0.15) is 41.6 Å². The van der Waals surface area contributed by atoms with Crippen molar-refractivity contribution in [2.45, 2.75) is 31.3 Å². The first kappa shape index (κ1) is 21.7. The van der Waals surface area contributed by atoms with Crippen LogP contribution in [0.3, 0.4) is 0 Å². The molecule has 2 unspecified atom stereocenters. The molecule has 1 amide bonds. The van der Waals surface area contributed by atoms with Gasteiger partial charge in [-0.25, -0.2) is 4.68 Å². The first-order valence-corrected chi connectivity index (χ1v) is 11.5. The van der Waals surface area contributed by atoms with Gasteiger partial charge < -0.3 is 10.1 Å². The molecular formula is C27H27N5O2. The predicted molar refractivity (Wildman–Crippen MR) is 132 cm³/mol. The molecule has 7 nitrogen and oxygen atoms in total. The molecule has 0 saturated carbocycles. The quantitative estimate of drug-likeness (QED) is 0.411. The minimum Gasteiger partial charge on any atom is -0.497 e. The Morgan fingerprint density at radius 1 is 1.00 bits per heavy atom. The zero-order valence-corrected chi connectivity index (χ0v) is 19.0. The minimum absolute atomic E-state index is 0.00739. The molecule has 0 saturated heterocycles. The fourth-order valence-electron chi connectivity index (χ4n) is 4.33. The molecule has 0 bridgehead atoms. The molecule has 0 aliphatic carbocycles. The molecule has 2 heterocycles. The van der Waals surface area contributed by atoms with E-state index in [2.05, 4.69) is 45.0 Å². The number of hydrogen-bond acceptors (Lipinski definition) is 5. The van der Waals surface area contributed by atoms with Gasteiger partial charge in [-0.15, -0.1) is 5.10 Å². The normalized spacial score (nSPS) is 16.9. The van der Waals surface area contributed by atoms with Crippen molar-refractivity contribution >= 4 is 17.8 Å². The molecule has 7 heteroatoms. The van der Waals surface area contributed by atoms with Gasteiger partial charge in [0.25, 0.3) is 5.95 Å². The number of carbonyl (C=O) groups is 1. The van der Waals surface area contributed by atoms with E-state index in [1.807, 2.05) is 65.3 Å². The molecule has 0 radical (unpaired) electrons. The number of nitrogens with zero attached hydrogens (tertiary/aromatic N) is 3. The number of fused-ring (bicyclic) bond motifs is 1. The summed E-state index contributed by atoms with van der Waals surface area (Å²) in [5.41, 5.74) is 3.42. The second-order valence-corrected chi connectivity index (χ2v) is 8.37. The van der Waals surface area contributed by atoms with Crippen molar-refractivity contribution in [3.63, 3.8) is 0 Å². The van der Waals surface area contributed by atoms with Crippen LogP contribution in [0.4, 0.5) is 11.9 Å². The molecule has 34 heavy (non-hydrogen) atoms. The van der Waals surface area contributed by atoms with Gasteiger partial charge in [-0.1, -0.05) is 72.8 Å². The van der Waals surface area contributed by atoms with Crippen molar-refractivity contribution in [2.75, 3.05) is 17.7 Å². The van der Waals surface area contributed by atoms with Gasteiger partial charge in [-0.3, -0.25) is 10.1 Å². The van der Waals surface area contributed by atoms with Crippen LogP contribution >= 0.6 is 0 Å². The van der Waals surface area contributed by atoms with Gasteiger partial charge in [0.2, 0.25) is 11.9 Å². The smallest absolute Gasteiger partial charge is 0.250 e. The van der Waals surface area contributed by atoms with Crippen molar-refractivity contribution in [1.82, 2.24) is 14.8 Å². The number of anilines is 2. The highest BCUT2D eigenvalue weighted by Gasteiger charge is 2.31. The van der Waals surface area contributed by atoms with Crippen molar-refractivity contribution in [2.24, 2.45) is 0 Å². The molecule has 2 N–H and O–H groups in total. The monoisotopic (exact) mass is 453 g/mol. The number of nitrogens with one attached hydrogen (secondary N) is 2. The van der Waals surface area contributed by atoms with Gasteiger partial charge in [0, 0.05) is 6.42 Å². The van der Waals surface area contributed by atoms with Crippen molar-refractivity contribution < 1.29 is 9.53 Å². The maximum Gasteiger partial charge on any atom is 0.250 e. The fourth-order valence-corrected chi connectivity index (χ4v) is 4.33. The molecule has 0 fully saturated rings. The van der Waals surface area contributed by atoms with Crippen LogP contribution in [0, 0.1) is 0 Å². The number of methoxy groups -OCH3 is 1. The maximum absolute atomic E-state index is 12.6. The molecule has 4 aromatic rings. The lowest BCUT2D eigenvalue weighted by Gasteiger charge is -2.31. The summed E-state index contributed by atoms with van der Waals surface area (Å²) in [6.45, 7) is 0. The Labute approximate surface area is 198 Å². The van der Waals surface area contributed by atoms with Crippen molar-refractivity contribution in [1.29, 1.82) is 0 Å². The summed E-state index contributed by atoms with van der Waals surface area (Å²) in [5.74, 6) is 1.67. The Hall–Kier alpha value is -4.13. The van der Waals surface area contributed by atoms with Crippen LogP contribution in [0.2, 0.25) is 0 Å². The van der Waals surface area contributed by atoms with Gasteiger partial charge >= 0.3 is 0 Å². The van der Waals surface area contributed by atoms with E-state index < -0.39 is 0 Å². The van der Waals surface area contributed by atoms with E-state index in [0.717, 1.165) is 28.9 Å². The number of hydrogen-bond donors (Lipinski definition) is 2. The average Bonchev–Trinajstić information content (AvgIpc) is 3.30. The van der Waals surface area contributed by atoms with Crippen LogP contribution in [-0.4, -0.2) is 27.8 Å². The van der Waals surface area contributed by atoms with Crippen LogP contribution in [0.25, 0.3) is 0 Å². The standard InChI is InChI=1S/C27H27N5O2/c1-34-22-15-13-20(14-16-22)23-18-24(21-10-6-3-7-11-21)32-27(28-23)30-26(31-32)29-25(33)17-12-19-8-4-2-5-9-19/h2-11,13-16,23-24H,12,17-18H2,1H3,(H2,28,29,30,31,33). The third-order valence-corrected chi connectivity index (χ3v) is 6.13. The fraction of sp³-hybridized carbons (Fsp3) is 0.222. The first-order chi connectivity index (χ1) is 16.7. The highest BCUT2D eigenvalue weighted by Crippen LogP contribution is 2.38. The topological polar surface area (TPSA) is 81.1 Å². The average molecular weight is 454 g/mol. The number of aryl methyl sites for hydroxylation is 1. The van der Waals surface area contributed by atoms with E-state index in [0.29, 0.717) is 24.7 Å². The predicted octanol–water partition coefficient (Wildman–Crippen LogP) is 5.00. The van der Waals surface area contributed by atoms with E-state index in [1.165, 1.54) is 0 Å². The summed E-state index contributed by atoms with van der Waals surface area (Å²) in [6.07, 6.45) is 1.84. The zero-order chi connectivity index (χ0) is 23.3. The Bertz CT molecular complexity index is 1240. The zero-order valence-electron chi connectivity index (χ0n) is 19.0. The number of benzene rings is 3. The lowest BCUT2D eigenvalue weighted by Crippen LogP contribution is -2.28. The number of ether oxygens (including phenoxy) is 1. The van der Waals surface area contributed by atoms with Gasteiger partial charge in [0.05, 0.1) is 19.2 Å². The Kier molecular flexibility index (Phi) is 6.25. The summed E-state index contributed by atoms with van der Waals surface area (Å²) >= 11 is 0. The summed E-state index contributed by atoms with van der Waals surface area (Å²) in [4.78, 5) is 17.2. The molecule has 3 aromatic carbocycles. The van der Waals surface area contributed by atoms with E-state index in [-0.39, 0.29) is 18.0 Å². The maximum atomic E-state index is 12.6. The first-order valence-electron chi connectivity index (χ1n) is 11.5. The SMILES string of the molecule is COc1ccc(C2CC(c3ccccc3)n3nc(NC(=O)CCc4ccccc4)nc3N2)cc1. The Morgan fingerprint density at radius 3 is 2.41 bits per heavy atom. The number of carbonyl (C=O) groups excluding carboxylic acids is 1. The molecule has 1 aliphatic heterocycles. The highest BCUT2D eigenvalue weighted by molar-refractivity contribution is 5.89. The lowest BCUT2D eigenvalue weighted by molar-refractivity contribution is -0.116. The number of rotatable bonds is 7. The van der Waals surface area contributed by atoms with Crippen molar-refractivity contribution in [3.8, 4) is 5.75 Å². The molecule has 2 atom stereocenters. The minimum atomic E-state index is -0.102. The number of amides is 1. The molecule has 5 rings (SSSR count). The van der Waals surface area contributed by atoms with E-state index in [1.54, 1.807) is 7.11 Å². The third-order valence-electron chi connectivity index (χ3n) is 6.13. The Balaban J connectivity index is 1.37. The van der Waals surface area contributed by atoms with Crippen LogP contribution in [0.15, 0.2) is 84.9 Å². The molecular weight excluding hydrogens is 426 g/mol. The lowest BCUT2D eigenvalue weighted by atomic mass is 9.93. The summed E-state index contributed by atoms with van der Waals surface area (Å²) in [7, 11) is 1.66. The van der Waals surface area contributed by atoms with Gasteiger partial charge in [0.15, 0.2) is 0 Å². The summed E-state index contributed by atoms with van der Waals surface area (Å²) in [6, 6.07) is 28.3. The van der Waals surface area contributed by atoms with Gasteiger partial charge in [-0.05, 0) is 41.7 Å². The molecule has 172 valence electrons. The third kappa shape index (κ3) is 4.78. The highest BCUT2D eigenvalue weighted by atomic mass is 16.5. The Morgan fingerprint density at radius 2 is 1.71 bits per heavy atom. The number of aromatic nitrogens is 3. The summed E-state index contributed by atoms with van der Waals surface area (Å²) < 4.78 is 7.18. The van der Waals surface area contributed by atoms with Crippen LogP contribution < -0.4 is 15.4 Å². The molecule has 1 aromatic heterocycles. The van der Waals surface area contributed by atoms with Crippen LogP contribution in [0.5, 0.6) is 5.75 Å². The summed E-state index contributed by atoms with van der Waals surface area (Å²) in [5, 5.41) is 11.0. The largest absolute Gasteiger partial charge is 0.497 e. The van der Waals surface area contributed by atoms with E-state index in [4.69, 9.17) is 4.74 Å². The van der Waals surface area contributed by atoms with Crippen molar-refractivity contribution in [3.05, 3.63) is 102 Å². The second kappa shape index (κ2) is 9.79. The van der Waals surface area contributed by atoms with E-state index >= 15 is 0 Å². The van der Waals surface area contributed by atoms with Gasteiger partial charge in [0.1, 0.15) is 5.75 Å². The van der Waals surface area contributed by atoms with Gasteiger partial charge in [-0.2, -0.15) is 4.98 Å². The van der Waals surface area contributed by atoms with E-state index in [9.17, 15) is 4.79 Å². The molecule has 1 aliphatic rings.